The molecule has 4 heteroatoms. The predicted octanol–water partition coefficient (Wildman–Crippen LogP) is 4.09. The molecule has 1 aliphatic heterocycles. The molecule has 0 spiro atoms. The van der Waals surface area contributed by atoms with Gasteiger partial charge < -0.3 is 10.2 Å². The van der Waals surface area contributed by atoms with Crippen LogP contribution in [0.5, 0.6) is 0 Å². The SMILES string of the molecule is CCCNCc1cc(F)c(N2CCC(C)CC2C)c(F)c1. The van der Waals surface area contributed by atoms with Crippen LogP contribution in [0.3, 0.4) is 0 Å². The number of nitrogens with one attached hydrogen (secondary N) is 1. The second-order valence-corrected chi connectivity index (χ2v) is 6.26. The van der Waals surface area contributed by atoms with Crippen LogP contribution in [-0.4, -0.2) is 19.1 Å². The summed E-state index contributed by atoms with van der Waals surface area (Å²) in [5.41, 5.74) is 0.814. The summed E-state index contributed by atoms with van der Waals surface area (Å²) in [6.45, 7) is 8.40. The number of hydrogen-bond donors (Lipinski definition) is 1. The van der Waals surface area contributed by atoms with Crippen molar-refractivity contribution < 1.29 is 8.78 Å². The van der Waals surface area contributed by atoms with Gasteiger partial charge in [0.1, 0.15) is 17.3 Å². The van der Waals surface area contributed by atoms with E-state index in [0.29, 0.717) is 18.0 Å². The summed E-state index contributed by atoms with van der Waals surface area (Å²) in [6.07, 6.45) is 2.98. The van der Waals surface area contributed by atoms with E-state index in [2.05, 4.69) is 19.2 Å². The Kier molecular flexibility index (Phi) is 5.57. The zero-order valence-electron chi connectivity index (χ0n) is 13.3. The van der Waals surface area contributed by atoms with Crippen LogP contribution in [0.2, 0.25) is 0 Å². The van der Waals surface area contributed by atoms with E-state index in [0.717, 1.165) is 32.4 Å². The minimum atomic E-state index is -0.440. The van der Waals surface area contributed by atoms with Crippen molar-refractivity contribution in [3.05, 3.63) is 29.3 Å². The van der Waals surface area contributed by atoms with Gasteiger partial charge >= 0.3 is 0 Å². The van der Waals surface area contributed by atoms with Crippen LogP contribution >= 0.6 is 0 Å². The monoisotopic (exact) mass is 296 g/mol. The molecule has 2 rings (SSSR count). The van der Waals surface area contributed by atoms with Crippen LogP contribution in [0.15, 0.2) is 12.1 Å². The van der Waals surface area contributed by atoms with Crippen LogP contribution in [-0.2, 0) is 6.54 Å². The summed E-state index contributed by atoms with van der Waals surface area (Å²) in [5, 5.41) is 3.17. The van der Waals surface area contributed by atoms with Gasteiger partial charge in [0.05, 0.1) is 0 Å². The lowest BCUT2D eigenvalue weighted by atomic mass is 9.92. The highest BCUT2D eigenvalue weighted by Gasteiger charge is 2.27. The van der Waals surface area contributed by atoms with Gasteiger partial charge in [-0.25, -0.2) is 8.78 Å². The number of rotatable bonds is 5. The summed E-state index contributed by atoms with van der Waals surface area (Å²) in [6, 6.07) is 3.11. The molecular weight excluding hydrogens is 270 g/mol. The fourth-order valence-electron chi connectivity index (χ4n) is 3.14. The average Bonchev–Trinajstić information content (AvgIpc) is 2.41. The first-order valence-corrected chi connectivity index (χ1v) is 7.98. The van der Waals surface area contributed by atoms with E-state index in [1.165, 1.54) is 12.1 Å². The third kappa shape index (κ3) is 3.94. The molecule has 2 atom stereocenters. The summed E-state index contributed by atoms with van der Waals surface area (Å²) < 4.78 is 28.7. The van der Waals surface area contributed by atoms with Crippen LogP contribution in [0, 0.1) is 17.6 Å². The molecule has 1 aromatic rings. The summed E-state index contributed by atoms with van der Waals surface area (Å²) in [4.78, 5) is 1.88. The maximum atomic E-state index is 14.4. The molecular formula is C17H26F2N2. The molecule has 2 unspecified atom stereocenters. The molecule has 0 aliphatic carbocycles. The minimum Gasteiger partial charge on any atom is -0.364 e. The van der Waals surface area contributed by atoms with E-state index in [-0.39, 0.29) is 11.7 Å². The van der Waals surface area contributed by atoms with Gasteiger partial charge in [0.25, 0.3) is 0 Å². The number of anilines is 1. The van der Waals surface area contributed by atoms with Gasteiger partial charge in [-0.1, -0.05) is 13.8 Å². The highest BCUT2D eigenvalue weighted by atomic mass is 19.1. The summed E-state index contributed by atoms with van der Waals surface area (Å²) in [7, 11) is 0. The largest absolute Gasteiger partial charge is 0.364 e. The molecule has 21 heavy (non-hydrogen) atoms. The molecule has 2 nitrogen and oxygen atoms in total. The number of halogens is 2. The van der Waals surface area contributed by atoms with E-state index in [1.807, 2.05) is 11.8 Å². The Morgan fingerprint density at radius 2 is 1.90 bits per heavy atom. The first kappa shape index (κ1) is 16.2. The number of nitrogens with zero attached hydrogens (tertiary/aromatic N) is 1. The Bertz CT molecular complexity index is 453. The quantitative estimate of drug-likeness (QED) is 0.823. The smallest absolute Gasteiger partial charge is 0.149 e. The van der Waals surface area contributed by atoms with E-state index in [9.17, 15) is 8.78 Å². The van der Waals surface area contributed by atoms with E-state index >= 15 is 0 Å². The lowest BCUT2D eigenvalue weighted by Gasteiger charge is -2.38. The van der Waals surface area contributed by atoms with Gasteiger partial charge in [-0.2, -0.15) is 0 Å². The molecule has 0 bridgehead atoms. The molecule has 1 aliphatic rings. The number of piperidine rings is 1. The third-order valence-corrected chi connectivity index (χ3v) is 4.26. The maximum absolute atomic E-state index is 14.4. The number of hydrogen-bond acceptors (Lipinski definition) is 2. The number of benzene rings is 1. The highest BCUT2D eigenvalue weighted by Crippen LogP contribution is 2.32. The summed E-state index contributed by atoms with van der Waals surface area (Å²) >= 11 is 0. The topological polar surface area (TPSA) is 15.3 Å². The van der Waals surface area contributed by atoms with Gasteiger partial charge in [0.15, 0.2) is 0 Å². The second kappa shape index (κ2) is 7.21. The lowest BCUT2D eigenvalue weighted by Crippen LogP contribution is -2.41. The molecule has 0 aromatic heterocycles. The average molecular weight is 296 g/mol. The lowest BCUT2D eigenvalue weighted by molar-refractivity contribution is 0.370. The van der Waals surface area contributed by atoms with Crippen molar-refractivity contribution >= 4 is 5.69 Å². The zero-order chi connectivity index (χ0) is 15.4. The highest BCUT2D eigenvalue weighted by molar-refractivity contribution is 5.52. The Morgan fingerprint density at radius 3 is 2.48 bits per heavy atom. The van der Waals surface area contributed by atoms with Crippen molar-refractivity contribution in [1.82, 2.24) is 5.32 Å². The van der Waals surface area contributed by atoms with Gasteiger partial charge in [-0.3, -0.25) is 0 Å². The summed E-state index contributed by atoms with van der Waals surface area (Å²) in [5.74, 6) is -0.255. The van der Waals surface area contributed by atoms with Gasteiger partial charge in [0.2, 0.25) is 0 Å². The third-order valence-electron chi connectivity index (χ3n) is 4.26. The minimum absolute atomic E-state index is 0.147. The Labute approximate surface area is 126 Å². The van der Waals surface area contributed by atoms with Crippen molar-refractivity contribution in [1.29, 1.82) is 0 Å². The molecule has 1 saturated heterocycles. The Hall–Kier alpha value is -1.16. The standard InChI is InChI=1S/C17H26F2N2/c1-4-6-20-11-14-9-15(18)17(16(19)10-14)21-7-5-12(2)8-13(21)3/h9-10,12-13,20H,4-8,11H2,1-3H3. The fourth-order valence-corrected chi connectivity index (χ4v) is 3.14. The van der Waals surface area contributed by atoms with Crippen molar-refractivity contribution in [2.45, 2.75) is 52.6 Å². The normalized spacial score (nSPS) is 22.6. The molecule has 1 heterocycles. The maximum Gasteiger partial charge on any atom is 0.149 e. The molecule has 0 amide bonds. The van der Waals surface area contributed by atoms with Crippen LogP contribution in [0.25, 0.3) is 0 Å². The van der Waals surface area contributed by atoms with E-state index in [1.54, 1.807) is 0 Å². The molecule has 118 valence electrons. The van der Waals surface area contributed by atoms with Crippen LogP contribution < -0.4 is 10.2 Å². The van der Waals surface area contributed by atoms with Gasteiger partial charge in [-0.05, 0) is 56.3 Å². The van der Waals surface area contributed by atoms with Crippen molar-refractivity contribution in [3.63, 3.8) is 0 Å². The van der Waals surface area contributed by atoms with Crippen LogP contribution in [0.4, 0.5) is 14.5 Å². The van der Waals surface area contributed by atoms with Crippen molar-refractivity contribution in [2.75, 3.05) is 18.0 Å². The second-order valence-electron chi connectivity index (χ2n) is 6.26. The Balaban J connectivity index is 2.16. The zero-order valence-corrected chi connectivity index (χ0v) is 13.3. The predicted molar refractivity (Wildman–Crippen MR) is 83.6 cm³/mol. The van der Waals surface area contributed by atoms with Crippen molar-refractivity contribution in [2.24, 2.45) is 5.92 Å². The fraction of sp³-hybridized carbons (Fsp3) is 0.647. The van der Waals surface area contributed by atoms with Crippen molar-refractivity contribution in [3.8, 4) is 0 Å². The molecule has 1 N–H and O–H groups in total. The first-order chi connectivity index (χ1) is 10.0. The first-order valence-electron chi connectivity index (χ1n) is 7.98. The van der Waals surface area contributed by atoms with Gasteiger partial charge in [-0.15, -0.1) is 0 Å². The molecule has 1 aromatic carbocycles. The van der Waals surface area contributed by atoms with Gasteiger partial charge in [0, 0.05) is 19.1 Å². The van der Waals surface area contributed by atoms with Crippen LogP contribution in [0.1, 0.15) is 45.6 Å². The Morgan fingerprint density at radius 1 is 1.24 bits per heavy atom. The van der Waals surface area contributed by atoms with E-state index < -0.39 is 11.6 Å². The molecule has 0 radical (unpaired) electrons. The molecule has 1 fully saturated rings. The van der Waals surface area contributed by atoms with E-state index in [4.69, 9.17) is 0 Å². The molecule has 0 saturated carbocycles.